The number of amides is 1. The van der Waals surface area contributed by atoms with Crippen LogP contribution in [-0.2, 0) is 33.7 Å². The standard InChI is InChI=1S/C24H24F3NO4/c25-24(26,27)19-7-5-17(6-8-19)18-11-21(23(30)28-20-9-10-20)32-22(12-18)31-14-16-3-1-15(13-29)2-4-16/h1-8,11,18,20,22,29H,9-10,12-14H2,(H,28,30)/t18-,22+/m1/s1. The van der Waals surface area contributed by atoms with Crippen LogP contribution in [0.1, 0.15) is 47.4 Å². The van der Waals surface area contributed by atoms with E-state index in [-0.39, 0.29) is 36.8 Å². The van der Waals surface area contributed by atoms with Gasteiger partial charge in [0.05, 0.1) is 18.8 Å². The summed E-state index contributed by atoms with van der Waals surface area (Å²) in [5, 5.41) is 12.0. The van der Waals surface area contributed by atoms with Crippen LogP contribution in [0.25, 0.3) is 0 Å². The van der Waals surface area contributed by atoms with Gasteiger partial charge < -0.3 is 19.9 Å². The topological polar surface area (TPSA) is 67.8 Å². The van der Waals surface area contributed by atoms with Crippen LogP contribution < -0.4 is 5.32 Å². The predicted octanol–water partition coefficient (Wildman–Crippen LogP) is 4.41. The number of carbonyl (C=O) groups excluding carboxylic acids is 1. The molecule has 1 fully saturated rings. The first-order valence-corrected chi connectivity index (χ1v) is 10.5. The molecule has 0 saturated heterocycles. The molecule has 1 aliphatic heterocycles. The second-order valence-electron chi connectivity index (χ2n) is 8.07. The van der Waals surface area contributed by atoms with E-state index in [1.54, 1.807) is 18.2 Å². The molecule has 4 rings (SSSR count). The first-order chi connectivity index (χ1) is 15.3. The van der Waals surface area contributed by atoms with E-state index in [4.69, 9.17) is 14.6 Å². The Balaban J connectivity index is 1.49. The summed E-state index contributed by atoms with van der Waals surface area (Å²) in [7, 11) is 0. The largest absolute Gasteiger partial charge is 0.459 e. The Morgan fingerprint density at radius 2 is 1.72 bits per heavy atom. The molecule has 0 spiro atoms. The number of hydrogen-bond acceptors (Lipinski definition) is 4. The van der Waals surface area contributed by atoms with Crippen molar-refractivity contribution >= 4 is 5.91 Å². The van der Waals surface area contributed by atoms with Crippen LogP contribution >= 0.6 is 0 Å². The number of alkyl halides is 3. The molecule has 32 heavy (non-hydrogen) atoms. The van der Waals surface area contributed by atoms with E-state index in [9.17, 15) is 18.0 Å². The highest BCUT2D eigenvalue weighted by Gasteiger charge is 2.33. The molecule has 1 aliphatic carbocycles. The van der Waals surface area contributed by atoms with Gasteiger partial charge in [0.25, 0.3) is 5.91 Å². The zero-order valence-corrected chi connectivity index (χ0v) is 17.3. The van der Waals surface area contributed by atoms with Gasteiger partial charge in [0.2, 0.25) is 6.29 Å². The van der Waals surface area contributed by atoms with Crippen molar-refractivity contribution < 1.29 is 32.5 Å². The second-order valence-corrected chi connectivity index (χ2v) is 8.07. The summed E-state index contributed by atoms with van der Waals surface area (Å²) >= 11 is 0. The van der Waals surface area contributed by atoms with E-state index in [0.29, 0.717) is 12.0 Å². The molecule has 1 heterocycles. The number of halogens is 3. The maximum absolute atomic E-state index is 12.9. The summed E-state index contributed by atoms with van der Waals surface area (Å²) in [6, 6.07) is 12.3. The lowest BCUT2D eigenvalue weighted by Crippen LogP contribution is -2.33. The summed E-state index contributed by atoms with van der Waals surface area (Å²) in [6.07, 6.45) is -1.28. The van der Waals surface area contributed by atoms with E-state index < -0.39 is 18.0 Å². The molecule has 2 N–H and O–H groups in total. The van der Waals surface area contributed by atoms with Crippen LogP contribution in [0.15, 0.2) is 60.4 Å². The molecule has 0 radical (unpaired) electrons. The number of ether oxygens (including phenoxy) is 2. The second kappa shape index (κ2) is 9.34. The Bertz CT molecular complexity index is 966. The van der Waals surface area contributed by atoms with Gasteiger partial charge in [-0.3, -0.25) is 4.79 Å². The summed E-state index contributed by atoms with van der Waals surface area (Å²) < 4.78 is 50.4. The molecule has 8 heteroatoms. The Morgan fingerprint density at radius 1 is 1.06 bits per heavy atom. The number of aliphatic hydroxyl groups excluding tert-OH is 1. The smallest absolute Gasteiger partial charge is 0.416 e. The third-order valence-corrected chi connectivity index (χ3v) is 5.50. The van der Waals surface area contributed by atoms with E-state index in [1.165, 1.54) is 12.1 Å². The zero-order chi connectivity index (χ0) is 22.7. The molecular weight excluding hydrogens is 423 g/mol. The number of rotatable bonds is 7. The minimum absolute atomic E-state index is 0.0497. The van der Waals surface area contributed by atoms with Gasteiger partial charge in [-0.2, -0.15) is 13.2 Å². The lowest BCUT2D eigenvalue weighted by Gasteiger charge is -2.29. The monoisotopic (exact) mass is 447 g/mol. The number of hydrogen-bond donors (Lipinski definition) is 2. The fraction of sp³-hybridized carbons (Fsp3) is 0.375. The molecule has 1 amide bonds. The molecule has 170 valence electrons. The van der Waals surface area contributed by atoms with Crippen molar-refractivity contribution in [3.8, 4) is 0 Å². The number of allylic oxidation sites excluding steroid dienone is 1. The van der Waals surface area contributed by atoms with Crippen molar-refractivity contribution in [2.45, 2.75) is 56.9 Å². The molecule has 2 aromatic rings. The van der Waals surface area contributed by atoms with Gasteiger partial charge in [-0.15, -0.1) is 0 Å². The lowest BCUT2D eigenvalue weighted by molar-refractivity contribution is -0.150. The SMILES string of the molecule is O=C(NC1CC1)C1=C[C@@H](c2ccc(C(F)(F)F)cc2)C[C@@H](OCc2ccc(CO)cc2)O1. The van der Waals surface area contributed by atoms with E-state index >= 15 is 0 Å². The van der Waals surface area contributed by atoms with Crippen LogP contribution in [0.4, 0.5) is 13.2 Å². The van der Waals surface area contributed by atoms with Crippen LogP contribution in [-0.4, -0.2) is 23.3 Å². The van der Waals surface area contributed by atoms with Gasteiger partial charge in [-0.25, -0.2) is 0 Å². The molecule has 2 atom stereocenters. The fourth-order valence-corrected chi connectivity index (χ4v) is 3.48. The molecular formula is C24H24F3NO4. The number of nitrogens with one attached hydrogen (secondary N) is 1. The van der Waals surface area contributed by atoms with Crippen LogP contribution in [0.2, 0.25) is 0 Å². The van der Waals surface area contributed by atoms with Crippen molar-refractivity contribution in [2.24, 2.45) is 0 Å². The molecule has 2 aliphatic rings. The number of aliphatic hydroxyl groups is 1. The van der Waals surface area contributed by atoms with Crippen molar-refractivity contribution in [1.82, 2.24) is 5.32 Å². The van der Waals surface area contributed by atoms with Crippen LogP contribution in [0.3, 0.4) is 0 Å². The summed E-state index contributed by atoms with van der Waals surface area (Å²) in [4.78, 5) is 12.6. The number of benzene rings is 2. The summed E-state index contributed by atoms with van der Waals surface area (Å²) in [5.74, 6) is -0.550. The highest BCUT2D eigenvalue weighted by Crippen LogP contribution is 2.35. The number of carbonyl (C=O) groups is 1. The Labute approximate surface area is 183 Å². The lowest BCUT2D eigenvalue weighted by atomic mass is 9.92. The van der Waals surface area contributed by atoms with E-state index in [2.05, 4.69) is 5.32 Å². The van der Waals surface area contributed by atoms with Crippen molar-refractivity contribution in [3.63, 3.8) is 0 Å². The Morgan fingerprint density at radius 3 is 2.31 bits per heavy atom. The predicted molar refractivity (Wildman–Crippen MR) is 110 cm³/mol. The average molecular weight is 447 g/mol. The molecule has 5 nitrogen and oxygen atoms in total. The molecule has 1 saturated carbocycles. The first kappa shape index (κ1) is 22.4. The maximum Gasteiger partial charge on any atom is 0.416 e. The minimum atomic E-state index is -4.41. The van der Waals surface area contributed by atoms with Crippen molar-refractivity contribution in [2.75, 3.05) is 0 Å². The molecule has 0 bridgehead atoms. The fourth-order valence-electron chi connectivity index (χ4n) is 3.48. The quantitative estimate of drug-likeness (QED) is 0.660. The molecule has 0 aromatic heterocycles. The van der Waals surface area contributed by atoms with Gasteiger partial charge >= 0.3 is 6.18 Å². The minimum Gasteiger partial charge on any atom is -0.459 e. The van der Waals surface area contributed by atoms with Gasteiger partial charge in [0.1, 0.15) is 0 Å². The highest BCUT2D eigenvalue weighted by atomic mass is 19.4. The van der Waals surface area contributed by atoms with Crippen LogP contribution in [0, 0.1) is 0 Å². The third-order valence-electron chi connectivity index (χ3n) is 5.50. The Kier molecular flexibility index (Phi) is 6.53. The maximum atomic E-state index is 12.9. The van der Waals surface area contributed by atoms with E-state index in [1.807, 2.05) is 12.1 Å². The third kappa shape index (κ3) is 5.69. The Hall–Kier alpha value is -2.84. The average Bonchev–Trinajstić information content (AvgIpc) is 3.61. The summed E-state index contributed by atoms with van der Waals surface area (Å²) in [5.41, 5.74) is 1.59. The first-order valence-electron chi connectivity index (χ1n) is 10.5. The highest BCUT2D eigenvalue weighted by molar-refractivity contribution is 5.92. The molecule has 2 aromatic carbocycles. The van der Waals surface area contributed by atoms with E-state index in [0.717, 1.165) is 36.1 Å². The molecule has 0 unspecified atom stereocenters. The normalized spacial score (nSPS) is 20.9. The van der Waals surface area contributed by atoms with Gasteiger partial charge in [0.15, 0.2) is 5.76 Å². The van der Waals surface area contributed by atoms with Gasteiger partial charge in [-0.1, -0.05) is 36.4 Å². The van der Waals surface area contributed by atoms with Gasteiger partial charge in [-0.05, 0) is 47.7 Å². The zero-order valence-electron chi connectivity index (χ0n) is 17.3. The van der Waals surface area contributed by atoms with Crippen molar-refractivity contribution in [1.29, 1.82) is 0 Å². The van der Waals surface area contributed by atoms with Gasteiger partial charge in [0, 0.05) is 18.4 Å². The van der Waals surface area contributed by atoms with Crippen LogP contribution in [0.5, 0.6) is 0 Å². The van der Waals surface area contributed by atoms with Crippen molar-refractivity contribution in [3.05, 3.63) is 82.6 Å². The summed E-state index contributed by atoms with van der Waals surface area (Å²) in [6.45, 7) is 0.180.